The number of likely N-dealkylation sites (tertiary alicyclic amines) is 2. The van der Waals surface area contributed by atoms with Crippen LogP contribution in [0, 0.1) is 38.0 Å². The van der Waals surface area contributed by atoms with Crippen LogP contribution in [0.1, 0.15) is 110 Å². The largest absolute Gasteiger partial charge is 0.444 e. The summed E-state index contributed by atoms with van der Waals surface area (Å²) in [5.74, 6) is 2.09. The molecule has 7 heterocycles. The number of fused-ring (bicyclic) bond motifs is 1. The molecule has 0 unspecified atom stereocenters. The van der Waals surface area contributed by atoms with Gasteiger partial charge in [-0.25, -0.2) is 14.1 Å². The Labute approximate surface area is 368 Å². The number of Topliss-reactive ketones (excluding diaryl/α,β-unsaturated/α-hetero) is 1. The van der Waals surface area contributed by atoms with Crippen molar-refractivity contribution >= 4 is 59.4 Å². The number of piperidine rings is 2. The molecule has 0 spiro atoms. The molecule has 0 aliphatic carbocycles. The molecule has 4 saturated heterocycles. The van der Waals surface area contributed by atoms with Crippen LogP contribution in [0.15, 0.2) is 36.5 Å². The van der Waals surface area contributed by atoms with Gasteiger partial charge < -0.3 is 24.2 Å². The zero-order chi connectivity index (χ0) is 41.0. The molecular weight excluding hydrogens is 1000 g/mol. The molecule has 13 nitrogen and oxygen atoms in total. The average molecular weight is 1060 g/mol. The number of nitrogens with zero attached hydrogens (tertiary/aromatic N) is 8. The Morgan fingerprint density at radius 3 is 1.86 bits per heavy atom. The van der Waals surface area contributed by atoms with Crippen molar-refractivity contribution in [3.8, 4) is 0 Å². The molecule has 3 aromatic rings. The van der Waals surface area contributed by atoms with Gasteiger partial charge in [-0.1, -0.05) is 15.9 Å². The summed E-state index contributed by atoms with van der Waals surface area (Å²) in [6.45, 7) is 19.0. The van der Waals surface area contributed by atoms with Gasteiger partial charge in [-0.3, -0.25) is 9.69 Å². The number of carbonyl (C=O) groups is 3. The molecule has 304 valence electrons. The number of amides is 2. The summed E-state index contributed by atoms with van der Waals surface area (Å²) in [4.78, 5) is 44.4. The van der Waals surface area contributed by atoms with Crippen molar-refractivity contribution in [1.82, 2.24) is 29.6 Å². The monoisotopic (exact) mass is 1060 g/mol. The summed E-state index contributed by atoms with van der Waals surface area (Å²) in [6.07, 6.45) is 9.80. The number of halogens is 1. The minimum Gasteiger partial charge on any atom is -0.444 e. The number of aromatic nitrogens is 4. The van der Waals surface area contributed by atoms with Crippen LogP contribution in [0.25, 0.3) is 5.52 Å². The Kier molecular flexibility index (Phi) is 17.4. The summed E-state index contributed by atoms with van der Waals surface area (Å²) in [5.41, 5.74) is 2.20. The Morgan fingerprint density at radius 1 is 0.768 bits per heavy atom. The van der Waals surface area contributed by atoms with E-state index in [9.17, 15) is 14.4 Å². The number of ether oxygens (including phenoxy) is 2. The van der Waals surface area contributed by atoms with Crippen LogP contribution < -0.4 is 9.80 Å². The zero-order valence-corrected chi connectivity index (χ0v) is 40.0. The molecule has 0 bridgehead atoms. The summed E-state index contributed by atoms with van der Waals surface area (Å²) >= 11 is 3.16. The fourth-order valence-electron chi connectivity index (χ4n) is 6.72. The molecule has 0 saturated carbocycles. The number of alkyl halides is 1. The second-order valence-corrected chi connectivity index (χ2v) is 17.1. The van der Waals surface area contributed by atoms with E-state index in [1.54, 1.807) is 4.90 Å². The van der Waals surface area contributed by atoms with Gasteiger partial charge >= 0.3 is 12.2 Å². The molecule has 4 aliphatic rings. The molecule has 7 rings (SSSR count). The summed E-state index contributed by atoms with van der Waals surface area (Å²) in [6, 6.07) is 10.1. The van der Waals surface area contributed by atoms with Crippen molar-refractivity contribution in [3.63, 3.8) is 0 Å². The van der Waals surface area contributed by atoms with E-state index in [1.165, 1.54) is 12.8 Å². The minimum atomic E-state index is -0.517. The first-order chi connectivity index (χ1) is 26.6. The number of hydrogen-bond donors (Lipinski definition) is 0. The van der Waals surface area contributed by atoms with Crippen LogP contribution in [-0.4, -0.2) is 119 Å². The second kappa shape index (κ2) is 21.3. The smallest absolute Gasteiger partial charge is 0.410 e. The van der Waals surface area contributed by atoms with Gasteiger partial charge in [0.25, 0.3) is 0 Å². The Morgan fingerprint density at radius 2 is 1.32 bits per heavy atom. The van der Waals surface area contributed by atoms with E-state index in [-0.39, 0.29) is 66.5 Å². The maximum atomic E-state index is 12.7. The Hall–Kier alpha value is -2.82. The predicted octanol–water partition coefficient (Wildman–Crippen LogP) is 7.09. The predicted molar refractivity (Wildman–Crippen MR) is 222 cm³/mol. The first kappa shape index (κ1) is 45.9. The Bertz CT molecular complexity index is 1730. The number of carbonyl (C=O) groups excluding carboxylic acids is 3. The standard InChI is InChI=1S/C20H28N4O2.C12H20BrNO3.C8H11N3.BH.U/c1-20(2,3)26-19(25)23-12-5-4-7-17(23)15-13-16-8-9-18(21-24(16)14-15)22-10-6-11-22;1-12(2,3)17-11(16)14-7-5-4-6-9(14)10(15)8-13;1-7-3-4-8(10-9-7)11-5-2-6-11;;/h8-9,13-14,17H,4-7,10-12H2,1-3H3;9H,4-8H2,1-3H3;3-4H,2,5-6H2,1H3;1H;/t17-;9-;;;/m00.../s1/i;;;1D;. The quantitative estimate of drug-likeness (QED) is 0.193. The van der Waals surface area contributed by atoms with E-state index in [1.807, 2.05) is 70.0 Å². The summed E-state index contributed by atoms with van der Waals surface area (Å²) in [7, 11) is 3.75. The topological polar surface area (TPSA) is 126 Å². The van der Waals surface area contributed by atoms with Crippen LogP contribution in [0.3, 0.4) is 0 Å². The molecular formula is C40H60BBrN8O5U. The minimum absolute atomic E-state index is 0. The molecule has 2 radical (unpaired) electrons. The van der Waals surface area contributed by atoms with E-state index >= 15 is 0 Å². The van der Waals surface area contributed by atoms with Gasteiger partial charge in [-0.2, -0.15) is 10.2 Å². The number of hydrogen-bond acceptors (Lipinski definition) is 10. The van der Waals surface area contributed by atoms with Crippen molar-refractivity contribution < 1.29 is 55.0 Å². The van der Waals surface area contributed by atoms with Crippen molar-refractivity contribution in [2.24, 2.45) is 0 Å². The van der Waals surface area contributed by atoms with Crippen LogP contribution in [0.5, 0.6) is 0 Å². The molecule has 4 aliphatic heterocycles. The van der Waals surface area contributed by atoms with Crippen molar-refractivity contribution in [2.75, 3.05) is 54.4 Å². The third-order valence-corrected chi connectivity index (χ3v) is 10.3. The summed E-state index contributed by atoms with van der Waals surface area (Å²) < 4.78 is 18.2. The van der Waals surface area contributed by atoms with E-state index in [0.29, 0.717) is 6.54 Å². The molecule has 4 fully saturated rings. The van der Waals surface area contributed by atoms with E-state index in [2.05, 4.69) is 68.7 Å². The number of rotatable bonds is 5. The molecule has 3 aromatic heterocycles. The molecule has 2 amide bonds. The van der Waals surface area contributed by atoms with Gasteiger partial charge in [0.2, 0.25) is 0 Å². The SMILES string of the molecule is CC(C)(C)OC(=O)N1CCCC[C@H]1C(=O)CBr.CC(C)(C)OC(=O)N1CCCC[C@H]1c1cc2ccc(N3CCC3)nn2c1.Cc1ccc(N2CCC2)nn1.[2H][B].[U]. The molecule has 0 N–H and O–H groups in total. The fraction of sp³-hybridized carbons (Fsp3) is 0.650. The number of ketones is 1. The van der Waals surface area contributed by atoms with E-state index < -0.39 is 11.2 Å². The fourth-order valence-corrected chi connectivity index (χ4v) is 7.09. The van der Waals surface area contributed by atoms with Gasteiger partial charge in [-0.15, -0.1) is 5.10 Å². The van der Waals surface area contributed by atoms with Gasteiger partial charge in [0, 0.05) is 85.0 Å². The van der Waals surface area contributed by atoms with Gasteiger partial charge in [0.05, 0.1) is 28.6 Å². The first-order valence-electron chi connectivity index (χ1n) is 20.1. The third-order valence-electron chi connectivity index (χ3n) is 9.76. The number of aryl methyl sites for hydroxylation is 1. The van der Waals surface area contributed by atoms with Gasteiger partial charge in [0.1, 0.15) is 17.0 Å². The van der Waals surface area contributed by atoms with Crippen molar-refractivity contribution in [1.29, 1.82) is 1.34 Å². The maximum absolute atomic E-state index is 12.7. The van der Waals surface area contributed by atoms with E-state index in [4.69, 9.17) is 15.9 Å². The maximum Gasteiger partial charge on any atom is 0.410 e. The third kappa shape index (κ3) is 13.4. The normalized spacial score (nSPS) is 19.5. The van der Waals surface area contributed by atoms with Gasteiger partial charge in [-0.05, 0) is 137 Å². The molecule has 16 heteroatoms. The van der Waals surface area contributed by atoms with Gasteiger partial charge in [0.15, 0.2) is 11.6 Å². The first-order valence-corrected chi connectivity index (χ1v) is 20.6. The molecule has 56 heavy (non-hydrogen) atoms. The molecule has 0 aromatic carbocycles. The van der Waals surface area contributed by atoms with Crippen LogP contribution in [0.2, 0.25) is 0 Å². The zero-order valence-electron chi connectivity index (χ0n) is 35.3. The van der Waals surface area contributed by atoms with Crippen molar-refractivity contribution in [2.45, 2.75) is 123 Å². The van der Waals surface area contributed by atoms with Crippen LogP contribution >= 0.6 is 15.9 Å². The van der Waals surface area contributed by atoms with Crippen LogP contribution in [0.4, 0.5) is 21.2 Å². The van der Waals surface area contributed by atoms with Crippen LogP contribution in [-0.2, 0) is 14.3 Å². The summed E-state index contributed by atoms with van der Waals surface area (Å²) in [5, 5.41) is 13.1. The Balaban J connectivity index is 0.000000242. The molecule has 2 atom stereocenters. The number of anilines is 2. The average Bonchev–Trinajstić information content (AvgIpc) is 3.54. The van der Waals surface area contributed by atoms with E-state index in [0.717, 1.165) is 99.7 Å². The van der Waals surface area contributed by atoms with Crippen molar-refractivity contribution in [3.05, 3.63) is 47.8 Å². The second-order valence-electron chi connectivity index (χ2n) is 16.5.